The molecule has 136 valence electrons. The first-order valence-corrected chi connectivity index (χ1v) is 8.56. The zero-order valence-electron chi connectivity index (χ0n) is 13.9. The molecule has 1 saturated carbocycles. The summed E-state index contributed by atoms with van der Waals surface area (Å²) in [5.41, 5.74) is 5.39. The molecular formula is C17H22F2N4O2. The number of hydrogen-bond acceptors (Lipinski definition) is 3. The minimum Gasteiger partial charge on any atom is -0.349 e. The van der Waals surface area contributed by atoms with Gasteiger partial charge in [0, 0.05) is 25.2 Å². The molecule has 0 spiro atoms. The third-order valence-electron chi connectivity index (χ3n) is 4.96. The maximum atomic E-state index is 14.2. The molecular weight excluding hydrogens is 330 g/mol. The number of benzene rings is 1. The Morgan fingerprint density at radius 3 is 2.72 bits per heavy atom. The third kappa shape index (κ3) is 3.58. The van der Waals surface area contributed by atoms with Crippen molar-refractivity contribution in [1.29, 1.82) is 0 Å². The number of halogens is 2. The Morgan fingerprint density at radius 2 is 2.04 bits per heavy atom. The Hall–Kier alpha value is -2.22. The van der Waals surface area contributed by atoms with E-state index in [1.807, 2.05) is 0 Å². The predicted octanol–water partition coefficient (Wildman–Crippen LogP) is 1.74. The maximum absolute atomic E-state index is 14.2. The zero-order chi connectivity index (χ0) is 18.0. The summed E-state index contributed by atoms with van der Waals surface area (Å²) in [5.74, 6) is -2.27. The number of rotatable bonds is 4. The number of urea groups is 1. The highest BCUT2D eigenvalue weighted by Gasteiger charge is 2.29. The van der Waals surface area contributed by atoms with Crippen LogP contribution in [0.3, 0.4) is 0 Å². The fourth-order valence-corrected chi connectivity index (χ4v) is 3.55. The molecule has 0 aromatic heterocycles. The lowest BCUT2D eigenvalue weighted by molar-refractivity contribution is 0.0904. The summed E-state index contributed by atoms with van der Waals surface area (Å²) in [6.45, 7) is 1.09. The summed E-state index contributed by atoms with van der Waals surface area (Å²) in [6.07, 6.45) is 3.75. The number of carbonyl (C=O) groups excluding carboxylic acids is 2. The van der Waals surface area contributed by atoms with Crippen LogP contribution in [0.25, 0.3) is 0 Å². The summed E-state index contributed by atoms with van der Waals surface area (Å²) in [7, 11) is 0. The van der Waals surface area contributed by atoms with Crippen molar-refractivity contribution in [3.8, 4) is 0 Å². The SMILES string of the molecule is NC[C@@H]1CCCC[C@H]1NC(=O)c1cc(N2CCNC2=O)c(F)cc1F. The summed E-state index contributed by atoms with van der Waals surface area (Å²) >= 11 is 0. The van der Waals surface area contributed by atoms with Gasteiger partial charge in [-0.2, -0.15) is 0 Å². The minimum absolute atomic E-state index is 0.0967. The smallest absolute Gasteiger partial charge is 0.322 e. The molecule has 4 N–H and O–H groups in total. The predicted molar refractivity (Wildman–Crippen MR) is 89.4 cm³/mol. The van der Waals surface area contributed by atoms with Crippen molar-refractivity contribution in [1.82, 2.24) is 10.6 Å². The molecule has 1 saturated heterocycles. The van der Waals surface area contributed by atoms with Crippen LogP contribution in [-0.2, 0) is 0 Å². The first kappa shape index (κ1) is 17.6. The van der Waals surface area contributed by atoms with Crippen LogP contribution in [-0.4, -0.2) is 37.6 Å². The number of hydrogen-bond donors (Lipinski definition) is 3. The van der Waals surface area contributed by atoms with E-state index < -0.39 is 23.6 Å². The molecule has 2 fully saturated rings. The monoisotopic (exact) mass is 352 g/mol. The van der Waals surface area contributed by atoms with Crippen molar-refractivity contribution < 1.29 is 18.4 Å². The van der Waals surface area contributed by atoms with Crippen molar-refractivity contribution in [3.05, 3.63) is 29.3 Å². The molecule has 25 heavy (non-hydrogen) atoms. The normalized spacial score (nSPS) is 23.5. The number of nitrogens with one attached hydrogen (secondary N) is 2. The lowest BCUT2D eigenvalue weighted by atomic mass is 9.84. The van der Waals surface area contributed by atoms with Gasteiger partial charge in [-0.05, 0) is 31.4 Å². The van der Waals surface area contributed by atoms with E-state index in [0.717, 1.165) is 36.6 Å². The van der Waals surface area contributed by atoms with E-state index in [0.29, 0.717) is 19.2 Å². The molecule has 2 atom stereocenters. The summed E-state index contributed by atoms with van der Waals surface area (Å²) in [5, 5.41) is 5.37. The maximum Gasteiger partial charge on any atom is 0.322 e. The molecule has 3 amide bonds. The van der Waals surface area contributed by atoms with Crippen LogP contribution in [0.2, 0.25) is 0 Å². The van der Waals surface area contributed by atoms with Crippen LogP contribution < -0.4 is 21.3 Å². The van der Waals surface area contributed by atoms with Crippen LogP contribution in [0.5, 0.6) is 0 Å². The minimum atomic E-state index is -0.946. The standard InChI is InChI=1S/C17H22F2N4O2/c18-12-8-13(19)15(23-6-5-21-17(23)25)7-11(12)16(24)22-14-4-2-1-3-10(14)9-20/h7-8,10,14H,1-6,9,20H2,(H,21,25)(H,22,24)/t10-,14+/m0/s1. The highest BCUT2D eigenvalue weighted by Crippen LogP contribution is 2.27. The number of amides is 3. The second kappa shape index (κ2) is 7.35. The van der Waals surface area contributed by atoms with Gasteiger partial charge in [-0.1, -0.05) is 12.8 Å². The average Bonchev–Trinajstić information content (AvgIpc) is 3.01. The van der Waals surface area contributed by atoms with Crippen LogP contribution in [0, 0.1) is 17.6 Å². The second-order valence-electron chi connectivity index (χ2n) is 6.53. The van der Waals surface area contributed by atoms with Gasteiger partial charge in [-0.15, -0.1) is 0 Å². The number of nitrogens with zero attached hydrogens (tertiary/aromatic N) is 1. The van der Waals surface area contributed by atoms with Gasteiger partial charge in [0.1, 0.15) is 11.6 Å². The van der Waals surface area contributed by atoms with Gasteiger partial charge >= 0.3 is 6.03 Å². The van der Waals surface area contributed by atoms with E-state index in [1.165, 1.54) is 0 Å². The van der Waals surface area contributed by atoms with Gasteiger partial charge in [-0.3, -0.25) is 9.69 Å². The Labute approximate surface area is 144 Å². The number of carbonyl (C=O) groups is 2. The van der Waals surface area contributed by atoms with Crippen molar-refractivity contribution in [3.63, 3.8) is 0 Å². The van der Waals surface area contributed by atoms with E-state index in [1.54, 1.807) is 0 Å². The molecule has 6 nitrogen and oxygen atoms in total. The molecule has 1 aromatic rings. The van der Waals surface area contributed by atoms with E-state index >= 15 is 0 Å². The lowest BCUT2D eigenvalue weighted by Gasteiger charge is -2.31. The Bertz CT molecular complexity index is 683. The lowest BCUT2D eigenvalue weighted by Crippen LogP contribution is -2.45. The molecule has 3 rings (SSSR count). The second-order valence-corrected chi connectivity index (χ2v) is 6.53. The topological polar surface area (TPSA) is 87.5 Å². The summed E-state index contributed by atoms with van der Waals surface area (Å²) < 4.78 is 28.2. The van der Waals surface area contributed by atoms with E-state index in [-0.39, 0.29) is 29.8 Å². The van der Waals surface area contributed by atoms with Gasteiger partial charge in [0.25, 0.3) is 5.91 Å². The number of anilines is 1. The Kier molecular flexibility index (Phi) is 5.17. The van der Waals surface area contributed by atoms with Gasteiger partial charge in [-0.25, -0.2) is 13.6 Å². The largest absolute Gasteiger partial charge is 0.349 e. The molecule has 0 radical (unpaired) electrons. The number of nitrogens with two attached hydrogens (primary N) is 1. The van der Waals surface area contributed by atoms with Crippen molar-refractivity contribution in [2.75, 3.05) is 24.5 Å². The van der Waals surface area contributed by atoms with Crippen LogP contribution in [0.15, 0.2) is 12.1 Å². The summed E-state index contributed by atoms with van der Waals surface area (Å²) in [4.78, 5) is 25.4. The fraction of sp³-hybridized carbons (Fsp3) is 0.529. The van der Waals surface area contributed by atoms with Crippen molar-refractivity contribution in [2.24, 2.45) is 11.7 Å². The first-order chi connectivity index (χ1) is 12.0. The average molecular weight is 352 g/mol. The van der Waals surface area contributed by atoms with Crippen LogP contribution >= 0.6 is 0 Å². The molecule has 0 bridgehead atoms. The quantitative estimate of drug-likeness (QED) is 0.771. The van der Waals surface area contributed by atoms with Crippen molar-refractivity contribution in [2.45, 2.75) is 31.7 Å². The van der Waals surface area contributed by atoms with Crippen molar-refractivity contribution >= 4 is 17.6 Å². The molecule has 1 aliphatic heterocycles. The molecule has 1 aromatic carbocycles. The Balaban J connectivity index is 1.83. The highest BCUT2D eigenvalue weighted by molar-refractivity contribution is 5.99. The molecule has 1 heterocycles. The molecule has 1 aliphatic carbocycles. The van der Waals surface area contributed by atoms with Gasteiger partial charge in [0.15, 0.2) is 0 Å². The first-order valence-electron chi connectivity index (χ1n) is 8.56. The van der Waals surface area contributed by atoms with Crippen LogP contribution in [0.4, 0.5) is 19.3 Å². The Morgan fingerprint density at radius 1 is 1.28 bits per heavy atom. The molecule has 8 heteroatoms. The summed E-state index contributed by atoms with van der Waals surface area (Å²) in [6, 6.07) is 1.17. The molecule has 0 unspecified atom stereocenters. The van der Waals surface area contributed by atoms with Gasteiger partial charge in [0.05, 0.1) is 11.3 Å². The fourth-order valence-electron chi connectivity index (χ4n) is 3.55. The van der Waals surface area contributed by atoms with Gasteiger partial charge < -0.3 is 16.4 Å². The zero-order valence-corrected chi connectivity index (χ0v) is 13.9. The molecule has 2 aliphatic rings. The van der Waals surface area contributed by atoms with Crippen LogP contribution in [0.1, 0.15) is 36.0 Å². The highest BCUT2D eigenvalue weighted by atomic mass is 19.1. The van der Waals surface area contributed by atoms with E-state index in [4.69, 9.17) is 5.73 Å². The van der Waals surface area contributed by atoms with E-state index in [2.05, 4.69) is 10.6 Å². The van der Waals surface area contributed by atoms with Gasteiger partial charge in [0.2, 0.25) is 0 Å². The van der Waals surface area contributed by atoms with E-state index in [9.17, 15) is 18.4 Å². The third-order valence-corrected chi connectivity index (χ3v) is 4.96.